The van der Waals surface area contributed by atoms with Gasteiger partial charge in [-0.05, 0) is 42.9 Å². The van der Waals surface area contributed by atoms with Gasteiger partial charge in [0.2, 0.25) is 0 Å². The smallest absolute Gasteiger partial charge is 0.124 e. The van der Waals surface area contributed by atoms with E-state index in [0.29, 0.717) is 12.1 Å². The van der Waals surface area contributed by atoms with Gasteiger partial charge in [-0.15, -0.1) is 11.3 Å². The molecule has 0 unspecified atom stereocenters. The zero-order valence-electron chi connectivity index (χ0n) is 10.4. The molecule has 1 aromatic carbocycles. The van der Waals surface area contributed by atoms with Crippen molar-refractivity contribution in [2.45, 2.75) is 13.1 Å². The van der Waals surface area contributed by atoms with Crippen LogP contribution in [0, 0.1) is 17.1 Å². The van der Waals surface area contributed by atoms with E-state index < -0.39 is 0 Å². The van der Waals surface area contributed by atoms with E-state index in [-0.39, 0.29) is 5.82 Å². The van der Waals surface area contributed by atoms with Crippen LogP contribution in [0.4, 0.5) is 4.39 Å². The molecule has 1 heterocycles. The van der Waals surface area contributed by atoms with Gasteiger partial charge in [0.15, 0.2) is 0 Å². The van der Waals surface area contributed by atoms with E-state index in [9.17, 15) is 4.39 Å². The number of benzene rings is 1. The monoisotopic (exact) mass is 294 g/mol. The molecular weight excluding hydrogens is 283 g/mol. The SMILES string of the molecule is CN(Cc1cc(F)cc(C#N)c1)Cc1ccc(Cl)s1. The summed E-state index contributed by atoms with van der Waals surface area (Å²) in [6.07, 6.45) is 0. The fraction of sp³-hybridized carbons (Fsp3) is 0.214. The topological polar surface area (TPSA) is 27.0 Å². The molecule has 0 spiro atoms. The lowest BCUT2D eigenvalue weighted by Crippen LogP contribution is -2.16. The van der Waals surface area contributed by atoms with Crippen LogP contribution >= 0.6 is 22.9 Å². The first-order valence-corrected chi connectivity index (χ1v) is 6.88. The second-order valence-electron chi connectivity index (χ2n) is 4.34. The predicted octanol–water partition coefficient (Wildman–Crippen LogP) is 4.04. The Bertz CT molecular complexity index is 618. The molecule has 2 rings (SSSR count). The third-order valence-corrected chi connectivity index (χ3v) is 3.81. The maximum Gasteiger partial charge on any atom is 0.124 e. The van der Waals surface area contributed by atoms with Crippen LogP contribution in [0.3, 0.4) is 0 Å². The Morgan fingerprint density at radius 3 is 2.74 bits per heavy atom. The average molecular weight is 295 g/mol. The molecule has 0 radical (unpaired) electrons. The molecular formula is C14H12ClFN2S. The van der Waals surface area contributed by atoms with Crippen LogP contribution < -0.4 is 0 Å². The molecule has 0 atom stereocenters. The van der Waals surface area contributed by atoms with Crippen molar-refractivity contribution in [2.75, 3.05) is 7.05 Å². The summed E-state index contributed by atoms with van der Waals surface area (Å²) in [5.74, 6) is -0.374. The van der Waals surface area contributed by atoms with Crippen LogP contribution in [-0.4, -0.2) is 11.9 Å². The molecule has 0 amide bonds. The molecule has 0 saturated heterocycles. The van der Waals surface area contributed by atoms with Gasteiger partial charge < -0.3 is 0 Å². The van der Waals surface area contributed by atoms with E-state index in [1.54, 1.807) is 6.07 Å². The Labute approximate surface area is 120 Å². The van der Waals surface area contributed by atoms with Crippen molar-refractivity contribution in [3.8, 4) is 6.07 Å². The molecule has 98 valence electrons. The van der Waals surface area contributed by atoms with Gasteiger partial charge in [-0.1, -0.05) is 11.6 Å². The lowest BCUT2D eigenvalue weighted by atomic mass is 10.1. The van der Waals surface area contributed by atoms with Gasteiger partial charge in [0.25, 0.3) is 0 Å². The molecule has 5 heteroatoms. The molecule has 19 heavy (non-hydrogen) atoms. The molecule has 0 fully saturated rings. The summed E-state index contributed by atoms with van der Waals surface area (Å²) >= 11 is 7.41. The van der Waals surface area contributed by atoms with Crippen LogP contribution in [-0.2, 0) is 13.1 Å². The summed E-state index contributed by atoms with van der Waals surface area (Å²) in [5, 5.41) is 8.82. The first-order valence-electron chi connectivity index (χ1n) is 5.69. The minimum atomic E-state index is -0.374. The summed E-state index contributed by atoms with van der Waals surface area (Å²) in [5.41, 5.74) is 1.14. The normalized spacial score (nSPS) is 10.7. The van der Waals surface area contributed by atoms with Crippen molar-refractivity contribution in [2.24, 2.45) is 0 Å². The number of hydrogen-bond acceptors (Lipinski definition) is 3. The van der Waals surface area contributed by atoms with Crippen molar-refractivity contribution >= 4 is 22.9 Å². The van der Waals surface area contributed by atoms with Crippen molar-refractivity contribution < 1.29 is 4.39 Å². The van der Waals surface area contributed by atoms with Crippen LogP contribution in [0.15, 0.2) is 30.3 Å². The summed E-state index contributed by atoms with van der Waals surface area (Å²) in [6.45, 7) is 1.33. The highest BCUT2D eigenvalue weighted by molar-refractivity contribution is 7.16. The van der Waals surface area contributed by atoms with Crippen molar-refractivity contribution in [1.29, 1.82) is 5.26 Å². The average Bonchev–Trinajstić information content (AvgIpc) is 2.73. The zero-order valence-corrected chi connectivity index (χ0v) is 11.9. The third kappa shape index (κ3) is 4.03. The Balaban J connectivity index is 2.04. The van der Waals surface area contributed by atoms with E-state index in [4.69, 9.17) is 16.9 Å². The Hall–Kier alpha value is -1.41. The molecule has 1 aromatic heterocycles. The Kier molecular flexibility index (Phi) is 4.54. The lowest BCUT2D eigenvalue weighted by molar-refractivity contribution is 0.321. The summed E-state index contributed by atoms with van der Waals surface area (Å²) in [7, 11) is 1.95. The maximum atomic E-state index is 13.3. The number of thiophene rings is 1. The molecule has 0 N–H and O–H groups in total. The van der Waals surface area contributed by atoms with Gasteiger partial charge in [-0.3, -0.25) is 4.90 Å². The molecule has 0 bridgehead atoms. The first-order chi connectivity index (χ1) is 9.06. The van der Waals surface area contributed by atoms with E-state index in [2.05, 4.69) is 4.90 Å². The van der Waals surface area contributed by atoms with Crippen LogP contribution in [0.25, 0.3) is 0 Å². The number of nitriles is 1. The second-order valence-corrected chi connectivity index (χ2v) is 6.14. The van der Waals surface area contributed by atoms with Gasteiger partial charge in [-0.2, -0.15) is 5.26 Å². The standard InChI is InChI=1S/C14H12ClFN2S/c1-18(9-13-2-3-14(15)19-13)8-11-4-10(7-17)5-12(16)6-11/h2-6H,8-9H2,1H3. The number of nitrogens with zero attached hydrogens (tertiary/aromatic N) is 2. The quantitative estimate of drug-likeness (QED) is 0.851. The minimum absolute atomic E-state index is 0.350. The van der Waals surface area contributed by atoms with Crippen molar-refractivity contribution in [1.82, 2.24) is 4.90 Å². The predicted molar refractivity (Wildman–Crippen MR) is 75.6 cm³/mol. The molecule has 0 aliphatic rings. The molecule has 0 saturated carbocycles. The fourth-order valence-corrected chi connectivity index (χ4v) is 3.04. The van der Waals surface area contributed by atoms with Gasteiger partial charge in [-0.25, -0.2) is 4.39 Å². The molecule has 2 aromatic rings. The number of rotatable bonds is 4. The second kappa shape index (κ2) is 6.16. The van der Waals surface area contributed by atoms with Crippen LogP contribution in [0.2, 0.25) is 4.34 Å². The molecule has 0 aliphatic heterocycles. The van der Waals surface area contributed by atoms with Gasteiger partial charge in [0.05, 0.1) is 16.0 Å². The summed E-state index contributed by atoms with van der Waals surface area (Å²) < 4.78 is 14.1. The highest BCUT2D eigenvalue weighted by atomic mass is 35.5. The van der Waals surface area contributed by atoms with Gasteiger partial charge in [0.1, 0.15) is 5.82 Å². The third-order valence-electron chi connectivity index (χ3n) is 2.59. The first kappa shape index (κ1) is 14.0. The van der Waals surface area contributed by atoms with Crippen LogP contribution in [0.5, 0.6) is 0 Å². The van der Waals surface area contributed by atoms with E-state index >= 15 is 0 Å². The number of hydrogen-bond donors (Lipinski definition) is 0. The Morgan fingerprint density at radius 2 is 2.11 bits per heavy atom. The van der Waals surface area contributed by atoms with E-state index in [1.807, 2.05) is 25.2 Å². The molecule has 2 nitrogen and oxygen atoms in total. The lowest BCUT2D eigenvalue weighted by Gasteiger charge is -2.15. The number of halogens is 2. The summed E-state index contributed by atoms with van der Waals surface area (Å²) in [6, 6.07) is 10.2. The minimum Gasteiger partial charge on any atom is -0.297 e. The van der Waals surface area contributed by atoms with Crippen LogP contribution in [0.1, 0.15) is 16.0 Å². The van der Waals surface area contributed by atoms with Crippen molar-refractivity contribution in [3.05, 3.63) is 56.5 Å². The van der Waals surface area contributed by atoms with Gasteiger partial charge >= 0.3 is 0 Å². The fourth-order valence-electron chi connectivity index (χ4n) is 1.88. The zero-order chi connectivity index (χ0) is 13.8. The van der Waals surface area contributed by atoms with E-state index in [0.717, 1.165) is 21.3 Å². The highest BCUT2D eigenvalue weighted by Crippen LogP contribution is 2.23. The molecule has 0 aliphatic carbocycles. The van der Waals surface area contributed by atoms with Crippen molar-refractivity contribution in [3.63, 3.8) is 0 Å². The largest absolute Gasteiger partial charge is 0.297 e. The maximum absolute atomic E-state index is 13.3. The van der Waals surface area contributed by atoms with Gasteiger partial charge in [0, 0.05) is 18.0 Å². The van der Waals surface area contributed by atoms with E-state index in [1.165, 1.54) is 23.5 Å². The highest BCUT2D eigenvalue weighted by Gasteiger charge is 2.06. The Morgan fingerprint density at radius 1 is 1.32 bits per heavy atom. The summed E-state index contributed by atoms with van der Waals surface area (Å²) in [4.78, 5) is 3.21.